The number of fused-ring (bicyclic) bond motifs is 1. The molecule has 37 heavy (non-hydrogen) atoms. The first-order valence-electron chi connectivity index (χ1n) is 11.9. The maximum absolute atomic E-state index is 15.5. The van der Waals surface area contributed by atoms with Crippen molar-refractivity contribution in [3.63, 3.8) is 0 Å². The van der Waals surface area contributed by atoms with Crippen LogP contribution in [0, 0.1) is 5.41 Å². The molecule has 3 heterocycles. The predicted molar refractivity (Wildman–Crippen MR) is 139 cm³/mol. The summed E-state index contributed by atoms with van der Waals surface area (Å²) in [6, 6.07) is -0.801. The predicted octanol–water partition coefficient (Wildman–Crippen LogP) is -0.714. The number of urea groups is 1. The number of nitrogens with one attached hydrogen (secondary N) is 1. The molecule has 0 saturated carbocycles. The molecule has 0 bridgehead atoms. The molecule has 0 spiro atoms. The van der Waals surface area contributed by atoms with E-state index in [2.05, 4.69) is 15.4 Å². The van der Waals surface area contributed by atoms with Gasteiger partial charge >= 0.3 is 12.2 Å². The molecular formula is C20H31B4F5N6O2. The summed E-state index contributed by atoms with van der Waals surface area (Å²) in [5.41, 5.74) is 5.29. The van der Waals surface area contributed by atoms with E-state index in [0.717, 1.165) is 18.7 Å². The van der Waals surface area contributed by atoms with Crippen LogP contribution < -0.4 is 11.1 Å². The van der Waals surface area contributed by atoms with E-state index in [-0.39, 0.29) is 19.4 Å². The number of nitrogens with zero attached hydrogens (tertiary/aromatic N) is 4. The number of hydrogen-bond acceptors (Lipinski definition) is 5. The Morgan fingerprint density at radius 3 is 2.41 bits per heavy atom. The Labute approximate surface area is 215 Å². The van der Waals surface area contributed by atoms with Gasteiger partial charge in [-0.3, -0.25) is 0 Å². The number of ether oxygens (including phenoxy) is 1. The molecule has 3 N–H and O–H groups in total. The number of rotatable bonds is 8. The largest absolute Gasteiger partial charge is 0.393 e. The molecular weight excluding hydrogens is 494 g/mol. The summed E-state index contributed by atoms with van der Waals surface area (Å²) in [7, 11) is 6.54. The molecule has 2 aromatic rings. The highest BCUT2D eigenvalue weighted by Crippen LogP contribution is 2.44. The van der Waals surface area contributed by atoms with E-state index in [1.807, 2.05) is 0 Å². The molecule has 0 aromatic carbocycles. The number of aromatic nitrogens is 3. The van der Waals surface area contributed by atoms with Crippen molar-refractivity contribution in [2.24, 2.45) is 11.1 Å². The Morgan fingerprint density at radius 2 is 1.84 bits per heavy atom. The average Bonchev–Trinajstić information content (AvgIpc) is 3.18. The molecule has 1 fully saturated rings. The van der Waals surface area contributed by atoms with Crippen LogP contribution in [0.1, 0.15) is 50.0 Å². The fraction of sp³-hybridized carbons (Fsp3) is 0.650. The van der Waals surface area contributed by atoms with E-state index in [1.54, 1.807) is 6.07 Å². The van der Waals surface area contributed by atoms with Gasteiger partial charge < -0.3 is 20.7 Å². The van der Waals surface area contributed by atoms with Gasteiger partial charge in [0.2, 0.25) is 0 Å². The Balaban J connectivity index is 1.93. The van der Waals surface area contributed by atoms with E-state index in [0.29, 0.717) is 16.9 Å². The molecule has 0 radical (unpaired) electrons. The van der Waals surface area contributed by atoms with Gasteiger partial charge in [0, 0.05) is 29.4 Å². The van der Waals surface area contributed by atoms with E-state index in [1.165, 1.54) is 55.4 Å². The maximum Gasteiger partial charge on any atom is 0.393 e. The number of carbonyl (C=O) groups is 1. The van der Waals surface area contributed by atoms with Crippen LogP contribution in [0.5, 0.6) is 0 Å². The van der Waals surface area contributed by atoms with Crippen LogP contribution in [0.3, 0.4) is 0 Å². The zero-order valence-electron chi connectivity index (χ0n) is 22.1. The standard InChI is InChI=1S/C20H31B4F5N6O2/c1-16(2,20(27,28)29)5-4-11(30)12-8-34-14(32-12)6-10(7-31-34)13(9-37-3)35-15(36)33-18(21,22)17(25,26)19(35,23)24/h6-8,11,13H,4-5,9,21-24,30H2,1-3H3,(H,33,36)/t11-,13+/m0/s1. The highest BCUT2D eigenvalue weighted by atomic mass is 19.4. The second kappa shape index (κ2) is 9.48. The lowest BCUT2D eigenvalue weighted by molar-refractivity contribution is -0.214. The van der Waals surface area contributed by atoms with E-state index in [4.69, 9.17) is 10.5 Å². The molecule has 1 aliphatic rings. The molecule has 1 aliphatic heterocycles. The molecule has 1 saturated heterocycles. The Hall–Kier alpha value is -2.28. The number of carbonyl (C=O) groups excluding carboxylic acids is 1. The fourth-order valence-corrected chi connectivity index (χ4v) is 4.66. The first-order chi connectivity index (χ1) is 16.8. The van der Waals surface area contributed by atoms with Gasteiger partial charge in [0.05, 0.1) is 36.2 Å². The lowest BCUT2D eigenvalue weighted by Gasteiger charge is -2.57. The first kappa shape index (κ1) is 29.3. The first-order valence-corrected chi connectivity index (χ1v) is 11.9. The average molecular weight is 526 g/mol. The van der Waals surface area contributed by atoms with Crippen molar-refractivity contribution in [3.05, 3.63) is 29.7 Å². The minimum atomic E-state index is -4.36. The van der Waals surface area contributed by atoms with Gasteiger partial charge in [-0.25, -0.2) is 23.1 Å². The van der Waals surface area contributed by atoms with E-state index < -0.39 is 46.3 Å². The molecule has 0 unspecified atom stereocenters. The zero-order valence-corrected chi connectivity index (χ0v) is 22.1. The van der Waals surface area contributed by atoms with Crippen LogP contribution in [0.25, 0.3) is 5.65 Å². The van der Waals surface area contributed by atoms with Crippen LogP contribution in [0.15, 0.2) is 18.5 Å². The molecule has 2 aromatic heterocycles. The molecule has 2 amide bonds. The summed E-state index contributed by atoms with van der Waals surface area (Å²) in [4.78, 5) is 18.5. The number of amides is 2. The fourth-order valence-electron chi connectivity index (χ4n) is 4.66. The van der Waals surface area contributed by atoms with Crippen LogP contribution in [-0.4, -0.2) is 93.4 Å². The number of imidazole rings is 1. The monoisotopic (exact) mass is 526 g/mol. The van der Waals surface area contributed by atoms with Gasteiger partial charge in [-0.15, -0.1) is 0 Å². The Bertz CT molecular complexity index is 1160. The van der Waals surface area contributed by atoms with Crippen molar-refractivity contribution in [2.75, 3.05) is 13.7 Å². The van der Waals surface area contributed by atoms with Gasteiger partial charge in [0.1, 0.15) is 31.4 Å². The third-order valence-electron chi connectivity index (χ3n) is 7.40. The Kier molecular flexibility index (Phi) is 7.50. The normalized spacial score (nSPS) is 21.0. The third kappa shape index (κ3) is 5.08. The van der Waals surface area contributed by atoms with Gasteiger partial charge in [-0.05, 0) is 18.9 Å². The molecule has 0 aliphatic carbocycles. The minimum absolute atomic E-state index is 0.0442. The highest BCUT2D eigenvalue weighted by Gasteiger charge is 2.65. The van der Waals surface area contributed by atoms with Crippen molar-refractivity contribution in [3.8, 4) is 0 Å². The minimum Gasteiger partial charge on any atom is -0.382 e. The van der Waals surface area contributed by atoms with Gasteiger partial charge in [0.15, 0.2) is 5.65 Å². The van der Waals surface area contributed by atoms with Crippen LogP contribution in [-0.2, 0) is 4.74 Å². The number of nitrogens with two attached hydrogens (primary N) is 1. The molecule has 3 rings (SSSR count). The number of halogens is 5. The van der Waals surface area contributed by atoms with Crippen LogP contribution in [0.4, 0.5) is 26.7 Å². The van der Waals surface area contributed by atoms with Gasteiger partial charge in [0.25, 0.3) is 5.92 Å². The van der Waals surface area contributed by atoms with Crippen molar-refractivity contribution in [1.82, 2.24) is 24.8 Å². The van der Waals surface area contributed by atoms with Crippen molar-refractivity contribution >= 4 is 43.1 Å². The smallest absolute Gasteiger partial charge is 0.382 e. The van der Waals surface area contributed by atoms with Gasteiger partial charge in [-0.2, -0.15) is 18.3 Å². The quantitative estimate of drug-likeness (QED) is 0.351. The topological polar surface area (TPSA) is 97.8 Å². The molecule has 200 valence electrons. The van der Waals surface area contributed by atoms with E-state index in [9.17, 15) is 18.0 Å². The summed E-state index contributed by atoms with van der Waals surface area (Å²) in [6.45, 7) is 2.15. The SMILES string of the molecule is BC1(B)NC(=O)N([C@H](COC)c2cnn3cc([C@@H](N)CCC(C)(C)C(F)(F)F)nc3c2)C(B)(B)C1(F)F. The van der Waals surface area contributed by atoms with Crippen LogP contribution in [0.2, 0.25) is 0 Å². The number of hydrogen-bond donors (Lipinski definition) is 2. The molecule has 8 nitrogen and oxygen atoms in total. The molecule has 2 atom stereocenters. The summed E-state index contributed by atoms with van der Waals surface area (Å²) >= 11 is 0. The third-order valence-corrected chi connectivity index (χ3v) is 7.40. The highest BCUT2D eigenvalue weighted by molar-refractivity contribution is 6.48. The number of methoxy groups -OCH3 is 1. The zero-order chi connectivity index (χ0) is 28.2. The second-order valence-corrected chi connectivity index (χ2v) is 11.3. The lowest BCUT2D eigenvalue weighted by atomic mass is 9.43. The second-order valence-electron chi connectivity index (χ2n) is 11.3. The van der Waals surface area contributed by atoms with E-state index >= 15 is 8.78 Å². The van der Waals surface area contributed by atoms with Crippen molar-refractivity contribution < 1.29 is 31.5 Å². The number of alkyl halides is 5. The maximum atomic E-state index is 15.5. The van der Waals surface area contributed by atoms with Crippen molar-refractivity contribution in [1.29, 1.82) is 0 Å². The van der Waals surface area contributed by atoms with Gasteiger partial charge in [-0.1, -0.05) is 13.8 Å². The summed E-state index contributed by atoms with van der Waals surface area (Å²) in [6.07, 6.45) is -1.57. The van der Waals surface area contributed by atoms with Crippen LogP contribution >= 0.6 is 0 Å². The summed E-state index contributed by atoms with van der Waals surface area (Å²) < 4.78 is 77.2. The van der Waals surface area contributed by atoms with Crippen molar-refractivity contribution in [2.45, 2.75) is 61.5 Å². The lowest BCUT2D eigenvalue weighted by Crippen LogP contribution is -2.83. The summed E-state index contributed by atoms with van der Waals surface area (Å²) in [5, 5.41) is 3.02. The Morgan fingerprint density at radius 1 is 1.22 bits per heavy atom. The molecule has 17 heteroatoms. The summed E-state index contributed by atoms with van der Waals surface area (Å²) in [5.74, 6) is -3.31.